The minimum atomic E-state index is -1.32. The third-order valence-electron chi connectivity index (χ3n) is 1.48. The van der Waals surface area contributed by atoms with Gasteiger partial charge < -0.3 is 9.88 Å². The highest BCUT2D eigenvalue weighted by atomic mass is 32.1. The van der Waals surface area contributed by atoms with Gasteiger partial charge in [0.05, 0.1) is 5.25 Å². The summed E-state index contributed by atoms with van der Waals surface area (Å²) in [6.45, 7) is 0.151. The number of carbonyl (C=O) groups excluding carboxylic acids is 1. The van der Waals surface area contributed by atoms with E-state index in [0.29, 0.717) is 5.82 Å². The van der Waals surface area contributed by atoms with Crippen LogP contribution in [0.4, 0.5) is 4.79 Å². The van der Waals surface area contributed by atoms with Gasteiger partial charge in [-0.3, -0.25) is 0 Å². The van der Waals surface area contributed by atoms with Crippen LogP contribution in [0.3, 0.4) is 0 Å². The second-order valence-corrected chi connectivity index (χ2v) is 3.11. The van der Waals surface area contributed by atoms with E-state index in [9.17, 15) is 9.90 Å². The van der Waals surface area contributed by atoms with Crippen molar-refractivity contribution in [3.05, 3.63) is 12.2 Å². The van der Waals surface area contributed by atoms with Gasteiger partial charge in [0, 0.05) is 13.6 Å². The quantitative estimate of drug-likeness (QED) is 0.671. The smallest absolute Gasteiger partial charge is 0.320 e. The van der Waals surface area contributed by atoms with Gasteiger partial charge in [-0.15, -0.1) is 10.2 Å². The summed E-state index contributed by atoms with van der Waals surface area (Å²) in [7, 11) is 1.76. The van der Waals surface area contributed by atoms with Crippen molar-refractivity contribution in [1.29, 1.82) is 0 Å². The van der Waals surface area contributed by atoms with Crippen molar-refractivity contribution in [3.8, 4) is 0 Å². The first kappa shape index (κ1) is 9.85. The van der Waals surface area contributed by atoms with Crippen molar-refractivity contribution >= 4 is 18.7 Å². The Hall–Kier alpha value is -1.24. The minimum Gasteiger partial charge on any atom is -0.320 e. The van der Waals surface area contributed by atoms with Gasteiger partial charge in [-0.1, -0.05) is 0 Å². The molecule has 1 rings (SSSR count). The molecule has 1 aromatic rings. The zero-order valence-electron chi connectivity index (χ0n) is 6.97. The molecular formula is C6H9N4O2S. The summed E-state index contributed by atoms with van der Waals surface area (Å²) in [5.74, 6) is 0.608. The van der Waals surface area contributed by atoms with Crippen molar-refractivity contribution in [2.24, 2.45) is 7.05 Å². The van der Waals surface area contributed by atoms with Crippen LogP contribution in [0.1, 0.15) is 11.1 Å². The fourth-order valence-electron chi connectivity index (χ4n) is 0.865. The maximum atomic E-state index is 10.1. The summed E-state index contributed by atoms with van der Waals surface area (Å²) in [5, 5.41) is 19.3. The highest BCUT2D eigenvalue weighted by Crippen LogP contribution is 2.14. The normalized spacial score (nSPS) is 12.5. The zero-order chi connectivity index (χ0) is 9.84. The van der Waals surface area contributed by atoms with E-state index in [1.165, 1.54) is 6.33 Å². The van der Waals surface area contributed by atoms with Gasteiger partial charge in [0.15, 0.2) is 0 Å². The minimum absolute atomic E-state index is 0.151. The monoisotopic (exact) mass is 201 g/mol. The van der Waals surface area contributed by atoms with Gasteiger partial charge in [0.25, 0.3) is 0 Å². The number of hydrogen-bond acceptors (Lipinski definition) is 4. The van der Waals surface area contributed by atoms with Crippen molar-refractivity contribution in [3.63, 3.8) is 0 Å². The van der Waals surface area contributed by atoms with Gasteiger partial charge >= 0.3 is 6.09 Å². The first-order valence-electron chi connectivity index (χ1n) is 3.58. The van der Waals surface area contributed by atoms with Crippen LogP contribution in [0.25, 0.3) is 0 Å². The van der Waals surface area contributed by atoms with E-state index in [1.54, 1.807) is 11.6 Å². The highest BCUT2D eigenvalue weighted by molar-refractivity contribution is 7.80. The molecule has 1 radical (unpaired) electrons. The van der Waals surface area contributed by atoms with Crippen molar-refractivity contribution in [2.75, 3.05) is 6.54 Å². The highest BCUT2D eigenvalue weighted by Gasteiger charge is 2.13. The Balaban J connectivity index is 2.53. The van der Waals surface area contributed by atoms with Crippen LogP contribution in [-0.2, 0) is 12.2 Å². The average Bonchev–Trinajstić information content (AvgIpc) is 2.47. The Kier molecular flexibility index (Phi) is 3.13. The molecule has 7 heteroatoms. The summed E-state index contributed by atoms with van der Waals surface area (Å²) in [4.78, 5) is 10.1. The standard InChI is InChI=1S/C6H9N4O2S/c1-10-3-8-9-5(10)4(13)2-7-6(11)12/h3-4,7,13H,2H2,1H3. The van der Waals surface area contributed by atoms with Crippen molar-refractivity contribution < 1.29 is 9.90 Å². The number of thiol groups is 1. The molecule has 1 N–H and O–H groups in total. The van der Waals surface area contributed by atoms with E-state index < -0.39 is 6.09 Å². The lowest BCUT2D eigenvalue weighted by Crippen LogP contribution is -2.24. The molecule has 0 fully saturated rings. The van der Waals surface area contributed by atoms with E-state index in [0.717, 1.165) is 0 Å². The van der Waals surface area contributed by atoms with Gasteiger partial charge in [-0.25, -0.2) is 9.90 Å². The van der Waals surface area contributed by atoms with Crippen LogP contribution in [0.2, 0.25) is 0 Å². The van der Waals surface area contributed by atoms with E-state index in [-0.39, 0.29) is 11.8 Å². The molecule has 1 aromatic heterocycles. The maximum absolute atomic E-state index is 10.1. The molecule has 1 atom stereocenters. The lowest BCUT2D eigenvalue weighted by atomic mass is 10.4. The third-order valence-corrected chi connectivity index (χ3v) is 1.90. The summed E-state index contributed by atoms with van der Waals surface area (Å²) in [6.07, 6.45) is 0.207. The van der Waals surface area contributed by atoms with E-state index in [2.05, 4.69) is 28.1 Å². The molecule has 0 aliphatic carbocycles. The number of hydrogen-bond donors (Lipinski definition) is 2. The van der Waals surface area contributed by atoms with E-state index >= 15 is 0 Å². The van der Waals surface area contributed by atoms with Gasteiger partial charge in [0.1, 0.15) is 12.2 Å². The molecule has 0 bridgehead atoms. The fourth-order valence-corrected chi connectivity index (χ4v) is 1.19. The summed E-state index contributed by atoms with van der Waals surface area (Å²) < 4.78 is 1.68. The number of aromatic nitrogens is 3. The van der Waals surface area contributed by atoms with Gasteiger partial charge in [-0.2, -0.15) is 12.6 Å². The first-order valence-corrected chi connectivity index (χ1v) is 4.09. The fraction of sp³-hybridized carbons (Fsp3) is 0.500. The van der Waals surface area contributed by atoms with Crippen LogP contribution < -0.4 is 5.32 Å². The second-order valence-electron chi connectivity index (χ2n) is 2.48. The maximum Gasteiger partial charge on any atom is 0.450 e. The Morgan fingerprint density at radius 3 is 3.00 bits per heavy atom. The molecule has 0 spiro atoms. The van der Waals surface area contributed by atoms with E-state index in [4.69, 9.17) is 0 Å². The number of aryl methyl sites for hydroxylation is 1. The summed E-state index contributed by atoms with van der Waals surface area (Å²) in [6, 6.07) is 0. The molecule has 1 unspecified atom stereocenters. The molecule has 6 nitrogen and oxygen atoms in total. The largest absolute Gasteiger partial charge is 0.450 e. The molecule has 0 saturated heterocycles. The van der Waals surface area contributed by atoms with Crippen molar-refractivity contribution in [2.45, 2.75) is 5.25 Å². The predicted molar refractivity (Wildman–Crippen MR) is 46.8 cm³/mol. The Labute approximate surface area is 80.4 Å². The molecule has 1 amide bonds. The molecule has 71 valence electrons. The number of amides is 1. The van der Waals surface area contributed by atoms with Crippen LogP contribution in [0.15, 0.2) is 6.33 Å². The van der Waals surface area contributed by atoms with Crippen LogP contribution in [0, 0.1) is 0 Å². The molecule has 0 aromatic carbocycles. The lowest BCUT2D eigenvalue weighted by molar-refractivity contribution is 0.168. The number of nitrogens with one attached hydrogen (secondary N) is 1. The van der Waals surface area contributed by atoms with Gasteiger partial charge in [-0.05, 0) is 0 Å². The van der Waals surface area contributed by atoms with Gasteiger partial charge in [0.2, 0.25) is 0 Å². The molecule has 0 aliphatic rings. The average molecular weight is 201 g/mol. The zero-order valence-corrected chi connectivity index (χ0v) is 7.86. The Morgan fingerprint density at radius 2 is 2.54 bits per heavy atom. The number of nitrogens with zero attached hydrogens (tertiary/aromatic N) is 3. The number of rotatable bonds is 3. The first-order chi connectivity index (χ1) is 6.11. The van der Waals surface area contributed by atoms with Crippen LogP contribution in [0.5, 0.6) is 0 Å². The summed E-state index contributed by atoms with van der Waals surface area (Å²) in [5.41, 5.74) is 0. The topological polar surface area (TPSA) is 79.7 Å². The second kappa shape index (κ2) is 4.13. The molecule has 0 aliphatic heterocycles. The third kappa shape index (κ3) is 2.62. The molecular weight excluding hydrogens is 192 g/mol. The lowest BCUT2D eigenvalue weighted by Gasteiger charge is -2.07. The molecule has 13 heavy (non-hydrogen) atoms. The predicted octanol–water partition coefficient (Wildman–Crippen LogP) is -0.0739. The Bertz CT molecular complexity index is 301. The Morgan fingerprint density at radius 1 is 1.85 bits per heavy atom. The van der Waals surface area contributed by atoms with Crippen molar-refractivity contribution in [1.82, 2.24) is 20.1 Å². The summed E-state index contributed by atoms with van der Waals surface area (Å²) >= 11 is 4.15. The molecule has 0 saturated carbocycles. The van der Waals surface area contributed by atoms with Crippen LogP contribution >= 0.6 is 12.6 Å². The SMILES string of the molecule is Cn1cnnc1C(S)CNC([O])=O. The van der Waals surface area contributed by atoms with Crippen LogP contribution in [-0.4, -0.2) is 27.4 Å². The molecule has 1 heterocycles. The van der Waals surface area contributed by atoms with E-state index in [1.807, 2.05) is 0 Å². The number of carbonyl (C=O) groups is 1.